The van der Waals surface area contributed by atoms with Gasteiger partial charge < -0.3 is 10.0 Å². The maximum absolute atomic E-state index is 11.1. The maximum Gasteiger partial charge on any atom is 0.339 e. The fraction of sp³-hybridized carbons (Fsp3) is 0.538. The molecule has 0 saturated carbocycles. The van der Waals surface area contributed by atoms with Crippen molar-refractivity contribution in [2.45, 2.75) is 20.3 Å². The van der Waals surface area contributed by atoms with Gasteiger partial charge in [-0.25, -0.2) is 4.79 Å². The fourth-order valence-corrected chi connectivity index (χ4v) is 2.38. The van der Waals surface area contributed by atoms with Crippen LogP contribution in [0, 0.1) is 11.8 Å². The first-order chi connectivity index (χ1) is 8.09. The molecule has 0 spiro atoms. The number of hydrogen-bond donors (Lipinski definition) is 1. The van der Waals surface area contributed by atoms with E-state index in [-0.39, 0.29) is 0 Å². The number of carbonyl (C=O) groups is 1. The summed E-state index contributed by atoms with van der Waals surface area (Å²) < 4.78 is 0. The van der Waals surface area contributed by atoms with Gasteiger partial charge in [-0.3, -0.25) is 4.98 Å². The molecule has 17 heavy (non-hydrogen) atoms. The Balaban J connectivity index is 2.21. The zero-order chi connectivity index (χ0) is 12.4. The molecule has 1 atom stereocenters. The molecule has 1 aromatic heterocycles. The molecular weight excluding hydrogens is 216 g/mol. The summed E-state index contributed by atoms with van der Waals surface area (Å²) in [5.41, 5.74) is 1.10. The van der Waals surface area contributed by atoms with E-state index in [2.05, 4.69) is 23.7 Å². The topological polar surface area (TPSA) is 53.4 Å². The minimum absolute atomic E-state index is 0.303. The van der Waals surface area contributed by atoms with E-state index in [1.165, 1.54) is 6.20 Å². The maximum atomic E-state index is 11.1. The fourth-order valence-electron chi connectivity index (χ4n) is 2.38. The van der Waals surface area contributed by atoms with Gasteiger partial charge in [0.15, 0.2) is 0 Å². The van der Waals surface area contributed by atoms with Crippen molar-refractivity contribution in [3.8, 4) is 0 Å². The molecule has 1 fully saturated rings. The van der Waals surface area contributed by atoms with Crippen molar-refractivity contribution < 1.29 is 9.90 Å². The van der Waals surface area contributed by atoms with Crippen LogP contribution in [0.1, 0.15) is 30.6 Å². The van der Waals surface area contributed by atoms with Crippen LogP contribution in [0.3, 0.4) is 0 Å². The van der Waals surface area contributed by atoms with Gasteiger partial charge in [-0.05, 0) is 24.3 Å². The van der Waals surface area contributed by atoms with Gasteiger partial charge in [0, 0.05) is 25.5 Å². The predicted octanol–water partition coefficient (Wildman–Crippen LogP) is 2.26. The van der Waals surface area contributed by atoms with Gasteiger partial charge in [0.1, 0.15) is 5.56 Å². The highest BCUT2D eigenvalue weighted by Gasteiger charge is 2.27. The lowest BCUT2D eigenvalue weighted by atomic mass is 9.95. The Labute approximate surface area is 101 Å². The van der Waals surface area contributed by atoms with Crippen molar-refractivity contribution >= 4 is 11.7 Å². The molecular formula is C13H18N2O2. The third-order valence-corrected chi connectivity index (χ3v) is 3.54. The molecule has 1 saturated heterocycles. The average molecular weight is 234 g/mol. The number of carboxylic acids is 1. The van der Waals surface area contributed by atoms with Crippen LogP contribution >= 0.6 is 0 Å². The van der Waals surface area contributed by atoms with Crippen LogP contribution in [0.25, 0.3) is 0 Å². The summed E-state index contributed by atoms with van der Waals surface area (Å²) in [4.78, 5) is 17.2. The predicted molar refractivity (Wildman–Crippen MR) is 66.4 cm³/mol. The van der Waals surface area contributed by atoms with Gasteiger partial charge in [0.2, 0.25) is 0 Å². The first-order valence-electron chi connectivity index (χ1n) is 6.02. The Morgan fingerprint density at radius 3 is 2.94 bits per heavy atom. The molecule has 2 heterocycles. The molecule has 1 unspecified atom stereocenters. The number of aromatic carboxylic acids is 1. The third kappa shape index (κ3) is 2.40. The Bertz CT molecular complexity index is 418. The van der Waals surface area contributed by atoms with E-state index in [9.17, 15) is 4.79 Å². The van der Waals surface area contributed by atoms with Crippen LogP contribution in [-0.4, -0.2) is 29.1 Å². The first-order valence-corrected chi connectivity index (χ1v) is 6.02. The lowest BCUT2D eigenvalue weighted by Crippen LogP contribution is -2.23. The Morgan fingerprint density at radius 1 is 1.59 bits per heavy atom. The number of pyridine rings is 1. The standard InChI is InChI=1S/C13H18N2O2/c1-9(2)10-4-6-15(8-10)12-3-5-14-7-11(12)13(16)17/h3,5,7,9-10H,4,6,8H2,1-2H3,(H,16,17). The summed E-state index contributed by atoms with van der Waals surface area (Å²) in [5, 5.41) is 9.13. The quantitative estimate of drug-likeness (QED) is 0.871. The largest absolute Gasteiger partial charge is 0.478 e. The van der Waals surface area contributed by atoms with Gasteiger partial charge in [-0.1, -0.05) is 13.8 Å². The summed E-state index contributed by atoms with van der Waals surface area (Å²) in [7, 11) is 0. The smallest absolute Gasteiger partial charge is 0.339 e. The second-order valence-corrected chi connectivity index (χ2v) is 4.94. The van der Waals surface area contributed by atoms with Crippen LogP contribution in [-0.2, 0) is 0 Å². The molecule has 1 N–H and O–H groups in total. The van der Waals surface area contributed by atoms with Crippen molar-refractivity contribution in [3.63, 3.8) is 0 Å². The molecule has 1 aromatic rings. The summed E-state index contributed by atoms with van der Waals surface area (Å²) in [6, 6.07) is 1.80. The highest BCUT2D eigenvalue weighted by molar-refractivity contribution is 5.94. The molecule has 2 rings (SSSR count). The first kappa shape index (κ1) is 11.9. The van der Waals surface area contributed by atoms with Crippen molar-refractivity contribution in [3.05, 3.63) is 24.0 Å². The molecule has 4 heteroatoms. The molecule has 92 valence electrons. The lowest BCUT2D eigenvalue weighted by molar-refractivity contribution is 0.0697. The summed E-state index contributed by atoms with van der Waals surface area (Å²) >= 11 is 0. The molecule has 4 nitrogen and oxygen atoms in total. The molecule has 1 aliphatic rings. The van der Waals surface area contributed by atoms with E-state index in [0.717, 1.165) is 25.2 Å². The summed E-state index contributed by atoms with van der Waals surface area (Å²) in [6.45, 7) is 6.33. The highest BCUT2D eigenvalue weighted by atomic mass is 16.4. The lowest BCUT2D eigenvalue weighted by Gasteiger charge is -2.21. The molecule has 0 aliphatic carbocycles. The number of anilines is 1. The minimum atomic E-state index is -0.902. The number of carboxylic acid groups (broad SMARTS) is 1. The second kappa shape index (κ2) is 4.73. The van der Waals surface area contributed by atoms with Gasteiger partial charge in [-0.15, -0.1) is 0 Å². The molecule has 0 aromatic carbocycles. The zero-order valence-electron chi connectivity index (χ0n) is 10.3. The van der Waals surface area contributed by atoms with Crippen LogP contribution in [0.15, 0.2) is 18.5 Å². The Kier molecular flexibility index (Phi) is 3.31. The number of nitrogens with zero attached hydrogens (tertiary/aromatic N) is 2. The molecule has 0 bridgehead atoms. The normalized spacial score (nSPS) is 19.9. The van der Waals surface area contributed by atoms with E-state index < -0.39 is 5.97 Å². The number of hydrogen-bond acceptors (Lipinski definition) is 3. The van der Waals surface area contributed by atoms with Gasteiger partial charge in [0.05, 0.1) is 5.69 Å². The van der Waals surface area contributed by atoms with Crippen LogP contribution in [0.5, 0.6) is 0 Å². The third-order valence-electron chi connectivity index (χ3n) is 3.54. The van der Waals surface area contributed by atoms with Crippen molar-refractivity contribution in [1.82, 2.24) is 4.98 Å². The van der Waals surface area contributed by atoms with Crippen molar-refractivity contribution in [1.29, 1.82) is 0 Å². The SMILES string of the molecule is CC(C)C1CCN(c2ccncc2C(=O)O)C1. The Morgan fingerprint density at radius 2 is 2.35 bits per heavy atom. The van der Waals surface area contributed by atoms with Gasteiger partial charge in [-0.2, -0.15) is 0 Å². The second-order valence-electron chi connectivity index (χ2n) is 4.94. The van der Waals surface area contributed by atoms with E-state index in [0.29, 0.717) is 17.4 Å². The molecule has 0 radical (unpaired) electrons. The van der Waals surface area contributed by atoms with E-state index >= 15 is 0 Å². The van der Waals surface area contributed by atoms with Crippen molar-refractivity contribution in [2.75, 3.05) is 18.0 Å². The Hall–Kier alpha value is -1.58. The molecule has 0 amide bonds. The monoisotopic (exact) mass is 234 g/mol. The van der Waals surface area contributed by atoms with E-state index in [1.807, 2.05) is 0 Å². The van der Waals surface area contributed by atoms with Gasteiger partial charge >= 0.3 is 5.97 Å². The number of rotatable bonds is 3. The van der Waals surface area contributed by atoms with E-state index in [4.69, 9.17) is 5.11 Å². The molecule has 1 aliphatic heterocycles. The van der Waals surface area contributed by atoms with E-state index in [1.54, 1.807) is 12.3 Å². The average Bonchev–Trinajstić information content (AvgIpc) is 2.78. The van der Waals surface area contributed by atoms with Crippen LogP contribution in [0.4, 0.5) is 5.69 Å². The summed E-state index contributed by atoms with van der Waals surface area (Å²) in [5.74, 6) is 0.404. The van der Waals surface area contributed by atoms with Crippen LogP contribution < -0.4 is 4.90 Å². The highest BCUT2D eigenvalue weighted by Crippen LogP contribution is 2.29. The summed E-state index contributed by atoms with van der Waals surface area (Å²) in [6.07, 6.45) is 4.23. The van der Waals surface area contributed by atoms with Gasteiger partial charge in [0.25, 0.3) is 0 Å². The van der Waals surface area contributed by atoms with Crippen molar-refractivity contribution in [2.24, 2.45) is 11.8 Å². The minimum Gasteiger partial charge on any atom is -0.478 e. The zero-order valence-corrected chi connectivity index (χ0v) is 10.3. The van der Waals surface area contributed by atoms with Crippen LogP contribution in [0.2, 0.25) is 0 Å². The number of aromatic nitrogens is 1.